The third-order valence-corrected chi connectivity index (χ3v) is 2.13. The Balaban J connectivity index is 2.40. The molecule has 0 atom stereocenters. The van der Waals surface area contributed by atoms with Crippen LogP contribution in [-0.2, 0) is 6.54 Å². The van der Waals surface area contributed by atoms with Crippen LogP contribution in [0.1, 0.15) is 19.4 Å². The van der Waals surface area contributed by atoms with E-state index in [0.29, 0.717) is 5.92 Å². The summed E-state index contributed by atoms with van der Waals surface area (Å²) in [7, 11) is 0. The van der Waals surface area contributed by atoms with Crippen molar-refractivity contribution < 1.29 is 9.13 Å². The first-order valence-electron chi connectivity index (χ1n) is 5.71. The van der Waals surface area contributed by atoms with Crippen LogP contribution in [0.2, 0.25) is 0 Å². The molecule has 1 rings (SSSR count). The molecule has 1 aromatic carbocycles. The van der Waals surface area contributed by atoms with Gasteiger partial charge in [-0.2, -0.15) is 0 Å². The van der Waals surface area contributed by atoms with Gasteiger partial charge in [-0.15, -0.1) is 0 Å². The van der Waals surface area contributed by atoms with Crippen LogP contribution in [0.4, 0.5) is 4.39 Å². The molecule has 90 valence electrons. The van der Waals surface area contributed by atoms with Crippen molar-refractivity contribution in [2.75, 3.05) is 19.8 Å². The van der Waals surface area contributed by atoms with Gasteiger partial charge < -0.3 is 10.1 Å². The number of benzene rings is 1. The summed E-state index contributed by atoms with van der Waals surface area (Å²) in [6, 6.07) is 7.76. The second-order valence-corrected chi connectivity index (χ2v) is 4.21. The molecule has 0 saturated carbocycles. The normalized spacial score (nSPS) is 10.8. The number of hydrogen-bond acceptors (Lipinski definition) is 2. The molecule has 1 N–H and O–H groups in total. The van der Waals surface area contributed by atoms with E-state index in [1.165, 1.54) is 0 Å². The van der Waals surface area contributed by atoms with E-state index in [2.05, 4.69) is 19.2 Å². The highest BCUT2D eigenvalue weighted by molar-refractivity contribution is 5.28. The molecule has 2 nitrogen and oxygen atoms in total. The summed E-state index contributed by atoms with van der Waals surface area (Å²) in [4.78, 5) is 0. The van der Waals surface area contributed by atoms with Gasteiger partial charge in [0.2, 0.25) is 0 Å². The fourth-order valence-corrected chi connectivity index (χ4v) is 1.41. The smallest absolute Gasteiger partial charge is 0.123 e. The lowest BCUT2D eigenvalue weighted by atomic mass is 10.2. The van der Waals surface area contributed by atoms with Crippen molar-refractivity contribution in [3.8, 4) is 5.75 Å². The summed E-state index contributed by atoms with van der Waals surface area (Å²) >= 11 is 0. The molecule has 0 unspecified atom stereocenters. The predicted molar refractivity (Wildman–Crippen MR) is 64.5 cm³/mol. The minimum Gasteiger partial charge on any atom is -0.491 e. The van der Waals surface area contributed by atoms with Crippen molar-refractivity contribution in [3.05, 3.63) is 29.8 Å². The first-order valence-corrected chi connectivity index (χ1v) is 5.71. The minimum absolute atomic E-state index is 0.128. The molecule has 1 aromatic rings. The maximum Gasteiger partial charge on any atom is 0.123 e. The van der Waals surface area contributed by atoms with E-state index in [9.17, 15) is 4.39 Å². The summed E-state index contributed by atoms with van der Waals surface area (Å²) < 4.78 is 17.2. The molecule has 3 heteroatoms. The summed E-state index contributed by atoms with van der Waals surface area (Å²) in [6.45, 7) is 5.85. The molecule has 0 saturated heterocycles. The largest absolute Gasteiger partial charge is 0.491 e. The average molecular weight is 225 g/mol. The number of nitrogens with one attached hydrogen (secondary N) is 1. The zero-order chi connectivity index (χ0) is 11.8. The fourth-order valence-electron chi connectivity index (χ4n) is 1.41. The SMILES string of the molecule is CC(C)CNCc1cccc(OCCF)c1. The fraction of sp³-hybridized carbons (Fsp3) is 0.538. The van der Waals surface area contributed by atoms with Crippen molar-refractivity contribution in [1.82, 2.24) is 5.32 Å². The molecular formula is C13H20FNO. The molecule has 0 aromatic heterocycles. The van der Waals surface area contributed by atoms with Gasteiger partial charge >= 0.3 is 0 Å². The molecule has 16 heavy (non-hydrogen) atoms. The van der Waals surface area contributed by atoms with Crippen molar-refractivity contribution in [2.24, 2.45) is 5.92 Å². The highest BCUT2D eigenvalue weighted by Gasteiger charge is 1.98. The van der Waals surface area contributed by atoms with E-state index in [0.717, 1.165) is 24.4 Å². The molecule has 0 fully saturated rings. The van der Waals surface area contributed by atoms with Crippen LogP contribution in [0.15, 0.2) is 24.3 Å². The quantitative estimate of drug-likeness (QED) is 0.770. The Kier molecular flexibility index (Phi) is 5.86. The highest BCUT2D eigenvalue weighted by atomic mass is 19.1. The van der Waals surface area contributed by atoms with E-state index in [1.54, 1.807) is 0 Å². The topological polar surface area (TPSA) is 21.3 Å². The number of ether oxygens (including phenoxy) is 1. The molecule has 0 radical (unpaired) electrons. The van der Waals surface area contributed by atoms with Crippen LogP contribution in [-0.4, -0.2) is 19.8 Å². The van der Waals surface area contributed by atoms with Gasteiger partial charge in [0, 0.05) is 6.54 Å². The molecule has 0 aliphatic heterocycles. The van der Waals surface area contributed by atoms with Crippen LogP contribution in [0, 0.1) is 5.92 Å². The minimum atomic E-state index is -0.449. The Hall–Kier alpha value is -1.09. The monoisotopic (exact) mass is 225 g/mol. The summed E-state index contributed by atoms with van der Waals surface area (Å²) in [6.07, 6.45) is 0. The summed E-state index contributed by atoms with van der Waals surface area (Å²) in [5, 5.41) is 3.35. The van der Waals surface area contributed by atoms with E-state index in [4.69, 9.17) is 4.74 Å². The zero-order valence-electron chi connectivity index (χ0n) is 10.0. The van der Waals surface area contributed by atoms with Crippen LogP contribution in [0.3, 0.4) is 0 Å². The first-order chi connectivity index (χ1) is 7.72. The van der Waals surface area contributed by atoms with Crippen LogP contribution in [0.5, 0.6) is 5.75 Å². The standard InChI is InChI=1S/C13H20FNO/c1-11(2)9-15-10-12-4-3-5-13(8-12)16-7-6-14/h3-5,8,11,15H,6-7,9-10H2,1-2H3. The van der Waals surface area contributed by atoms with E-state index >= 15 is 0 Å². The molecular weight excluding hydrogens is 205 g/mol. The Morgan fingerprint density at radius 1 is 1.38 bits per heavy atom. The molecule has 0 bridgehead atoms. The lowest BCUT2D eigenvalue weighted by Gasteiger charge is -2.09. The van der Waals surface area contributed by atoms with Crippen molar-refractivity contribution in [3.63, 3.8) is 0 Å². The van der Waals surface area contributed by atoms with Crippen LogP contribution < -0.4 is 10.1 Å². The van der Waals surface area contributed by atoms with Gasteiger partial charge in [-0.25, -0.2) is 4.39 Å². The van der Waals surface area contributed by atoms with Crippen molar-refractivity contribution in [2.45, 2.75) is 20.4 Å². The zero-order valence-corrected chi connectivity index (χ0v) is 10.0. The van der Waals surface area contributed by atoms with Gasteiger partial charge in [0.1, 0.15) is 19.0 Å². The molecule has 0 amide bonds. The van der Waals surface area contributed by atoms with Crippen LogP contribution >= 0.6 is 0 Å². The van der Waals surface area contributed by atoms with Gasteiger partial charge in [0.05, 0.1) is 0 Å². The van der Waals surface area contributed by atoms with Gasteiger partial charge in [-0.3, -0.25) is 0 Å². The Bertz CT molecular complexity index is 302. The second kappa shape index (κ2) is 7.23. The van der Waals surface area contributed by atoms with Gasteiger partial charge in [0.15, 0.2) is 0 Å². The van der Waals surface area contributed by atoms with Gasteiger partial charge in [0.25, 0.3) is 0 Å². The number of alkyl halides is 1. The van der Waals surface area contributed by atoms with Crippen molar-refractivity contribution >= 4 is 0 Å². The van der Waals surface area contributed by atoms with Gasteiger partial charge in [-0.05, 0) is 30.2 Å². The second-order valence-electron chi connectivity index (χ2n) is 4.21. The van der Waals surface area contributed by atoms with E-state index in [1.807, 2.05) is 24.3 Å². The summed E-state index contributed by atoms with van der Waals surface area (Å²) in [5.41, 5.74) is 1.16. The van der Waals surface area contributed by atoms with Crippen molar-refractivity contribution in [1.29, 1.82) is 0 Å². The number of halogens is 1. The first kappa shape index (κ1) is 13.0. The maximum absolute atomic E-state index is 11.9. The average Bonchev–Trinajstić information content (AvgIpc) is 2.26. The van der Waals surface area contributed by atoms with Gasteiger partial charge in [-0.1, -0.05) is 26.0 Å². The summed E-state index contributed by atoms with van der Waals surface area (Å²) in [5.74, 6) is 1.38. The molecule has 0 aliphatic carbocycles. The Morgan fingerprint density at radius 2 is 2.19 bits per heavy atom. The van der Waals surface area contributed by atoms with E-state index in [-0.39, 0.29) is 6.61 Å². The lowest BCUT2D eigenvalue weighted by molar-refractivity contribution is 0.273. The maximum atomic E-state index is 11.9. The number of rotatable bonds is 7. The Morgan fingerprint density at radius 3 is 2.88 bits per heavy atom. The highest BCUT2D eigenvalue weighted by Crippen LogP contribution is 2.13. The molecule has 0 aliphatic rings. The third-order valence-electron chi connectivity index (χ3n) is 2.13. The lowest BCUT2D eigenvalue weighted by Crippen LogP contribution is -2.18. The van der Waals surface area contributed by atoms with Crippen LogP contribution in [0.25, 0.3) is 0 Å². The molecule has 0 spiro atoms. The number of hydrogen-bond donors (Lipinski definition) is 1. The third kappa shape index (κ3) is 5.12. The Labute approximate surface area is 96.8 Å². The van der Waals surface area contributed by atoms with E-state index < -0.39 is 6.67 Å². The predicted octanol–water partition coefficient (Wildman–Crippen LogP) is 2.78. The molecule has 0 heterocycles.